The average Bonchev–Trinajstić information content (AvgIpc) is 2.37. The van der Waals surface area contributed by atoms with Crippen LogP contribution in [-0.4, -0.2) is 36.6 Å². The summed E-state index contributed by atoms with van der Waals surface area (Å²) in [6, 6.07) is 6.56. The van der Waals surface area contributed by atoms with E-state index in [4.69, 9.17) is 10.8 Å². The minimum atomic E-state index is -3.30. The van der Waals surface area contributed by atoms with Crippen molar-refractivity contribution in [1.82, 2.24) is 5.32 Å². The van der Waals surface area contributed by atoms with Crippen molar-refractivity contribution in [1.29, 1.82) is 0 Å². The second-order valence-electron chi connectivity index (χ2n) is 3.93. The van der Waals surface area contributed by atoms with Crippen LogP contribution in [0.2, 0.25) is 0 Å². The smallest absolute Gasteiger partial charge is 0.287 e. The SMILES string of the molecule is NCCc1ccc(C(=O)NCC(F)(F)CO)cc1. The van der Waals surface area contributed by atoms with Gasteiger partial charge < -0.3 is 16.2 Å². The fourth-order valence-electron chi connectivity index (χ4n) is 1.36. The molecule has 4 N–H and O–H groups in total. The first-order valence-electron chi connectivity index (χ1n) is 5.54. The minimum Gasteiger partial charge on any atom is -0.390 e. The van der Waals surface area contributed by atoms with Crippen molar-refractivity contribution in [2.24, 2.45) is 5.73 Å². The Labute approximate surface area is 104 Å². The van der Waals surface area contributed by atoms with E-state index in [0.717, 1.165) is 5.56 Å². The molecule has 0 aromatic heterocycles. The maximum absolute atomic E-state index is 12.7. The van der Waals surface area contributed by atoms with Crippen molar-refractivity contribution in [2.75, 3.05) is 19.7 Å². The van der Waals surface area contributed by atoms with Gasteiger partial charge in [-0.25, -0.2) is 8.78 Å². The molecule has 4 nitrogen and oxygen atoms in total. The zero-order valence-electron chi connectivity index (χ0n) is 9.83. The van der Waals surface area contributed by atoms with Crippen molar-refractivity contribution in [3.63, 3.8) is 0 Å². The molecule has 6 heteroatoms. The Kier molecular flexibility index (Phi) is 5.18. The molecular formula is C12H16F2N2O2. The van der Waals surface area contributed by atoms with E-state index in [9.17, 15) is 13.6 Å². The maximum Gasteiger partial charge on any atom is 0.287 e. The number of aliphatic hydroxyl groups is 1. The summed E-state index contributed by atoms with van der Waals surface area (Å²) in [5, 5.41) is 10.4. The predicted octanol–water partition coefficient (Wildman–Crippen LogP) is 0.545. The Morgan fingerprint density at radius 2 is 1.94 bits per heavy atom. The summed E-state index contributed by atoms with van der Waals surface area (Å²) in [4.78, 5) is 11.5. The molecule has 0 atom stereocenters. The van der Waals surface area contributed by atoms with Crippen LogP contribution in [0.4, 0.5) is 8.78 Å². The van der Waals surface area contributed by atoms with Crippen molar-refractivity contribution in [3.8, 4) is 0 Å². The number of hydrogen-bond acceptors (Lipinski definition) is 3. The molecule has 18 heavy (non-hydrogen) atoms. The Morgan fingerprint density at radius 3 is 2.44 bits per heavy atom. The number of nitrogens with two attached hydrogens (primary N) is 1. The Hall–Kier alpha value is -1.53. The molecule has 0 bridgehead atoms. The molecule has 0 fully saturated rings. The summed E-state index contributed by atoms with van der Waals surface area (Å²) in [5.74, 6) is -3.89. The summed E-state index contributed by atoms with van der Waals surface area (Å²) >= 11 is 0. The number of carbonyl (C=O) groups excluding carboxylic acids is 1. The molecule has 1 rings (SSSR count). The van der Waals surface area contributed by atoms with E-state index in [1.807, 2.05) is 0 Å². The number of carbonyl (C=O) groups is 1. The van der Waals surface area contributed by atoms with Crippen LogP contribution >= 0.6 is 0 Å². The number of alkyl halides is 2. The highest BCUT2D eigenvalue weighted by Crippen LogP contribution is 2.10. The van der Waals surface area contributed by atoms with Gasteiger partial charge in [0.1, 0.15) is 6.61 Å². The fraction of sp³-hybridized carbons (Fsp3) is 0.417. The van der Waals surface area contributed by atoms with Crippen LogP contribution in [0.1, 0.15) is 15.9 Å². The van der Waals surface area contributed by atoms with E-state index in [1.54, 1.807) is 24.3 Å². The molecule has 0 heterocycles. The number of aliphatic hydroxyl groups excluding tert-OH is 1. The quantitative estimate of drug-likeness (QED) is 0.697. The summed E-state index contributed by atoms with van der Waals surface area (Å²) < 4.78 is 25.4. The topological polar surface area (TPSA) is 75.4 Å². The Morgan fingerprint density at radius 1 is 1.33 bits per heavy atom. The van der Waals surface area contributed by atoms with Crippen LogP contribution in [0, 0.1) is 0 Å². The van der Waals surface area contributed by atoms with Crippen LogP contribution in [-0.2, 0) is 6.42 Å². The third-order valence-corrected chi connectivity index (χ3v) is 2.39. The van der Waals surface area contributed by atoms with Gasteiger partial charge in [-0.2, -0.15) is 0 Å². The molecule has 0 saturated carbocycles. The summed E-state index contributed by atoms with van der Waals surface area (Å²) in [5.41, 5.74) is 6.66. The van der Waals surface area contributed by atoms with Gasteiger partial charge in [0.2, 0.25) is 0 Å². The molecule has 0 saturated heterocycles. The third kappa shape index (κ3) is 4.38. The second-order valence-corrected chi connectivity index (χ2v) is 3.93. The van der Waals surface area contributed by atoms with Crippen molar-refractivity contribution >= 4 is 5.91 Å². The standard InChI is InChI=1S/C12H16F2N2O2/c13-12(14,8-17)7-16-11(18)10-3-1-9(2-4-10)5-6-15/h1-4,17H,5-8,15H2,(H,16,18). The average molecular weight is 258 g/mol. The lowest BCUT2D eigenvalue weighted by atomic mass is 10.1. The van der Waals surface area contributed by atoms with Crippen molar-refractivity contribution in [3.05, 3.63) is 35.4 Å². The molecule has 100 valence electrons. The van der Waals surface area contributed by atoms with Gasteiger partial charge >= 0.3 is 0 Å². The molecule has 0 aliphatic carbocycles. The first kappa shape index (κ1) is 14.5. The lowest BCUT2D eigenvalue weighted by Crippen LogP contribution is -2.38. The first-order valence-corrected chi connectivity index (χ1v) is 5.54. The van der Waals surface area contributed by atoms with Gasteiger partial charge in [0.25, 0.3) is 11.8 Å². The molecule has 0 aliphatic heterocycles. The van der Waals surface area contributed by atoms with Crippen LogP contribution in [0.5, 0.6) is 0 Å². The van der Waals surface area contributed by atoms with E-state index in [1.165, 1.54) is 0 Å². The lowest BCUT2D eigenvalue weighted by Gasteiger charge is -2.13. The lowest BCUT2D eigenvalue weighted by molar-refractivity contribution is -0.0462. The monoisotopic (exact) mass is 258 g/mol. The molecule has 1 aromatic carbocycles. The number of amides is 1. The highest BCUT2D eigenvalue weighted by Gasteiger charge is 2.28. The summed E-state index contributed by atoms with van der Waals surface area (Å²) in [6.45, 7) is -1.66. The highest BCUT2D eigenvalue weighted by molar-refractivity contribution is 5.94. The van der Waals surface area contributed by atoms with Crippen molar-refractivity contribution in [2.45, 2.75) is 12.3 Å². The zero-order valence-corrected chi connectivity index (χ0v) is 9.83. The van der Waals surface area contributed by atoms with Gasteiger partial charge in [0, 0.05) is 5.56 Å². The number of halogens is 2. The van der Waals surface area contributed by atoms with Crippen molar-refractivity contribution < 1.29 is 18.7 Å². The number of rotatable bonds is 6. The normalized spacial score (nSPS) is 11.3. The molecule has 1 amide bonds. The molecule has 0 aliphatic rings. The fourth-order valence-corrected chi connectivity index (χ4v) is 1.36. The third-order valence-electron chi connectivity index (χ3n) is 2.39. The van der Waals surface area contributed by atoms with Crippen LogP contribution < -0.4 is 11.1 Å². The number of hydrogen-bond donors (Lipinski definition) is 3. The predicted molar refractivity (Wildman–Crippen MR) is 63.6 cm³/mol. The van der Waals surface area contributed by atoms with E-state index in [-0.39, 0.29) is 0 Å². The van der Waals surface area contributed by atoms with Gasteiger partial charge in [0.15, 0.2) is 0 Å². The van der Waals surface area contributed by atoms with Crippen LogP contribution in [0.3, 0.4) is 0 Å². The minimum absolute atomic E-state index is 0.296. The molecule has 0 unspecified atom stereocenters. The van der Waals surface area contributed by atoms with Crippen LogP contribution in [0.25, 0.3) is 0 Å². The number of nitrogens with one attached hydrogen (secondary N) is 1. The molecule has 0 radical (unpaired) electrons. The molecule has 1 aromatic rings. The van der Waals surface area contributed by atoms with Gasteiger partial charge in [0.05, 0.1) is 6.54 Å². The largest absolute Gasteiger partial charge is 0.390 e. The van der Waals surface area contributed by atoms with E-state index in [0.29, 0.717) is 18.5 Å². The van der Waals surface area contributed by atoms with Crippen LogP contribution in [0.15, 0.2) is 24.3 Å². The van der Waals surface area contributed by atoms with Gasteiger partial charge in [-0.1, -0.05) is 12.1 Å². The summed E-state index contributed by atoms with van der Waals surface area (Å²) in [7, 11) is 0. The Balaban J connectivity index is 2.56. The highest BCUT2D eigenvalue weighted by atomic mass is 19.3. The first-order chi connectivity index (χ1) is 8.48. The van der Waals surface area contributed by atoms with E-state index in [2.05, 4.69) is 5.32 Å². The van der Waals surface area contributed by atoms with Gasteiger partial charge in [-0.15, -0.1) is 0 Å². The van der Waals surface area contributed by atoms with E-state index < -0.39 is 25.0 Å². The molecular weight excluding hydrogens is 242 g/mol. The van der Waals surface area contributed by atoms with Gasteiger partial charge in [-0.05, 0) is 30.7 Å². The molecule has 0 spiro atoms. The van der Waals surface area contributed by atoms with Gasteiger partial charge in [-0.3, -0.25) is 4.79 Å². The Bertz CT molecular complexity index is 394. The maximum atomic E-state index is 12.7. The zero-order chi connectivity index (χ0) is 13.6. The van der Waals surface area contributed by atoms with E-state index >= 15 is 0 Å². The second kappa shape index (κ2) is 6.42. The summed E-state index contributed by atoms with van der Waals surface area (Å²) in [6.07, 6.45) is 0.699. The number of benzene rings is 1.